The topological polar surface area (TPSA) is 66.5 Å². The minimum atomic E-state index is -3.75. The van der Waals surface area contributed by atoms with Crippen molar-refractivity contribution in [1.29, 1.82) is 0 Å². The van der Waals surface area contributed by atoms with Crippen LogP contribution in [0.25, 0.3) is 0 Å². The molecule has 7 heteroatoms. The number of hydrogen-bond acceptors (Lipinski definition) is 3. The second kappa shape index (κ2) is 8.01. The van der Waals surface area contributed by atoms with Gasteiger partial charge in [-0.15, -0.1) is 0 Å². The van der Waals surface area contributed by atoms with Crippen molar-refractivity contribution in [2.75, 3.05) is 18.4 Å². The lowest BCUT2D eigenvalue weighted by atomic mass is 9.98. The number of halogens is 1. The van der Waals surface area contributed by atoms with Gasteiger partial charge in [0, 0.05) is 18.8 Å². The Hall–Kier alpha value is -2.25. The van der Waals surface area contributed by atoms with Crippen LogP contribution in [0.1, 0.15) is 29.5 Å². The number of nitrogens with zero attached hydrogens (tertiary/aromatic N) is 1. The number of carbonyl (C=O) groups is 1. The average Bonchev–Trinajstić information content (AvgIpc) is 2.65. The van der Waals surface area contributed by atoms with Crippen molar-refractivity contribution < 1.29 is 17.6 Å². The van der Waals surface area contributed by atoms with E-state index >= 15 is 0 Å². The average molecular weight is 405 g/mol. The smallest absolute Gasteiger partial charge is 0.243 e. The maximum absolute atomic E-state index is 13.1. The highest BCUT2D eigenvalue weighted by Crippen LogP contribution is 2.27. The zero-order valence-electron chi connectivity index (χ0n) is 16.3. The second-order valence-electron chi connectivity index (χ2n) is 7.42. The Balaban J connectivity index is 1.76. The number of benzene rings is 2. The Morgan fingerprint density at radius 1 is 1.11 bits per heavy atom. The lowest BCUT2D eigenvalue weighted by molar-refractivity contribution is -0.120. The Morgan fingerprint density at radius 2 is 1.71 bits per heavy atom. The molecular weight excluding hydrogens is 379 g/mol. The molecule has 3 rings (SSSR count). The number of carbonyl (C=O) groups excluding carboxylic acids is 1. The highest BCUT2D eigenvalue weighted by Gasteiger charge is 2.33. The zero-order valence-corrected chi connectivity index (χ0v) is 17.1. The third-order valence-corrected chi connectivity index (χ3v) is 7.01. The molecule has 1 N–H and O–H groups in total. The Kier molecular flexibility index (Phi) is 5.86. The first-order valence-corrected chi connectivity index (χ1v) is 10.8. The third-order valence-electron chi connectivity index (χ3n) is 5.13. The van der Waals surface area contributed by atoms with Crippen molar-refractivity contribution in [2.45, 2.75) is 38.5 Å². The predicted molar refractivity (Wildman–Crippen MR) is 107 cm³/mol. The fourth-order valence-electron chi connectivity index (χ4n) is 3.73. The van der Waals surface area contributed by atoms with Crippen LogP contribution in [0.5, 0.6) is 0 Å². The zero-order chi connectivity index (χ0) is 20.5. The van der Waals surface area contributed by atoms with Crippen LogP contribution in [0.2, 0.25) is 0 Å². The predicted octanol–water partition coefficient (Wildman–Crippen LogP) is 3.79. The summed E-state index contributed by atoms with van der Waals surface area (Å²) in [6.07, 6.45) is 1.23. The molecule has 0 unspecified atom stereocenters. The van der Waals surface area contributed by atoms with Crippen LogP contribution in [-0.4, -0.2) is 31.7 Å². The highest BCUT2D eigenvalue weighted by atomic mass is 32.2. The summed E-state index contributed by atoms with van der Waals surface area (Å²) < 4.78 is 40.1. The Bertz CT molecular complexity index is 964. The van der Waals surface area contributed by atoms with Gasteiger partial charge < -0.3 is 5.32 Å². The van der Waals surface area contributed by atoms with E-state index in [1.54, 1.807) is 0 Å². The largest absolute Gasteiger partial charge is 0.325 e. The molecule has 1 aliphatic rings. The number of sulfonamides is 1. The number of rotatable bonds is 4. The Morgan fingerprint density at radius 3 is 2.32 bits per heavy atom. The number of anilines is 1. The van der Waals surface area contributed by atoms with Gasteiger partial charge in [0.2, 0.25) is 15.9 Å². The summed E-state index contributed by atoms with van der Waals surface area (Å²) in [5, 5.41) is 2.98. The maximum atomic E-state index is 13.1. The molecule has 0 bridgehead atoms. The minimum Gasteiger partial charge on any atom is -0.325 e. The fraction of sp³-hybridized carbons (Fsp3) is 0.381. The minimum absolute atomic E-state index is 0.0418. The number of aryl methyl sites for hydroxylation is 3. The molecule has 28 heavy (non-hydrogen) atoms. The molecule has 1 heterocycles. The van der Waals surface area contributed by atoms with Gasteiger partial charge in [0.1, 0.15) is 5.82 Å². The quantitative estimate of drug-likeness (QED) is 0.843. The van der Waals surface area contributed by atoms with Gasteiger partial charge in [-0.3, -0.25) is 4.79 Å². The monoisotopic (exact) mass is 404 g/mol. The van der Waals surface area contributed by atoms with E-state index in [4.69, 9.17) is 0 Å². The molecule has 5 nitrogen and oxygen atoms in total. The van der Waals surface area contributed by atoms with Crippen molar-refractivity contribution in [1.82, 2.24) is 4.31 Å². The van der Waals surface area contributed by atoms with Gasteiger partial charge in [0.25, 0.3) is 0 Å². The van der Waals surface area contributed by atoms with Gasteiger partial charge in [-0.1, -0.05) is 17.7 Å². The number of amides is 1. The van der Waals surface area contributed by atoms with Crippen molar-refractivity contribution in [3.8, 4) is 0 Å². The van der Waals surface area contributed by atoms with Crippen LogP contribution in [0.3, 0.4) is 0 Å². The standard InChI is InChI=1S/C21H25FN2O3S/c1-14-11-15(2)20(16(3)12-14)23-21(25)17-5-4-10-24(13-17)28(26,27)19-8-6-18(22)7-9-19/h6-9,11-12,17H,4-5,10,13H2,1-3H3,(H,23,25)/t17-/m1/s1. The molecular formula is C21H25FN2O3S. The van der Waals surface area contributed by atoms with E-state index in [1.807, 2.05) is 32.9 Å². The molecule has 0 aliphatic carbocycles. The summed E-state index contributed by atoms with van der Waals surface area (Å²) in [5.41, 5.74) is 3.88. The molecule has 1 saturated heterocycles. The van der Waals surface area contributed by atoms with E-state index < -0.39 is 21.8 Å². The first kappa shape index (κ1) is 20.5. The summed E-state index contributed by atoms with van der Waals surface area (Å²) in [4.78, 5) is 12.9. The molecule has 150 valence electrons. The van der Waals surface area contributed by atoms with Gasteiger partial charge in [-0.2, -0.15) is 4.31 Å². The van der Waals surface area contributed by atoms with Gasteiger partial charge in [-0.05, 0) is 69.0 Å². The normalized spacial score (nSPS) is 18.1. The number of piperidine rings is 1. The van der Waals surface area contributed by atoms with E-state index in [1.165, 1.54) is 16.4 Å². The maximum Gasteiger partial charge on any atom is 0.243 e. The molecule has 0 aromatic heterocycles. The van der Waals surface area contributed by atoms with E-state index in [0.29, 0.717) is 19.4 Å². The van der Waals surface area contributed by atoms with Crippen molar-refractivity contribution >= 4 is 21.6 Å². The molecule has 1 fully saturated rings. The van der Waals surface area contributed by atoms with Gasteiger partial charge >= 0.3 is 0 Å². The lowest BCUT2D eigenvalue weighted by Gasteiger charge is -2.31. The molecule has 0 spiro atoms. The third kappa shape index (κ3) is 4.25. The molecule has 2 aromatic carbocycles. The van der Waals surface area contributed by atoms with Crippen LogP contribution in [0.4, 0.5) is 10.1 Å². The molecule has 1 atom stereocenters. The van der Waals surface area contributed by atoms with Gasteiger partial charge in [-0.25, -0.2) is 12.8 Å². The highest BCUT2D eigenvalue weighted by molar-refractivity contribution is 7.89. The van der Waals surface area contributed by atoms with Gasteiger partial charge in [0.05, 0.1) is 10.8 Å². The number of nitrogens with one attached hydrogen (secondary N) is 1. The van der Waals surface area contributed by atoms with Crippen LogP contribution >= 0.6 is 0 Å². The second-order valence-corrected chi connectivity index (χ2v) is 9.36. The van der Waals surface area contributed by atoms with E-state index in [9.17, 15) is 17.6 Å². The summed E-state index contributed by atoms with van der Waals surface area (Å²) in [6.45, 7) is 6.37. The van der Waals surface area contributed by atoms with Gasteiger partial charge in [0.15, 0.2) is 0 Å². The summed E-state index contributed by atoms with van der Waals surface area (Å²) in [5.74, 6) is -1.09. The van der Waals surface area contributed by atoms with E-state index in [-0.39, 0.29) is 17.3 Å². The molecule has 0 saturated carbocycles. The first-order valence-electron chi connectivity index (χ1n) is 9.33. The van der Waals surface area contributed by atoms with Crippen molar-refractivity contribution in [2.24, 2.45) is 5.92 Å². The SMILES string of the molecule is Cc1cc(C)c(NC(=O)[C@@H]2CCCN(S(=O)(=O)c3ccc(F)cc3)C2)c(C)c1. The Labute approximate surface area is 165 Å². The fourth-order valence-corrected chi connectivity index (χ4v) is 5.26. The number of hydrogen-bond donors (Lipinski definition) is 1. The lowest BCUT2D eigenvalue weighted by Crippen LogP contribution is -2.43. The van der Waals surface area contributed by atoms with Crippen LogP contribution < -0.4 is 5.32 Å². The molecule has 0 radical (unpaired) electrons. The summed E-state index contributed by atoms with van der Waals surface area (Å²) in [6, 6.07) is 8.79. The molecule has 2 aromatic rings. The van der Waals surface area contributed by atoms with Crippen LogP contribution in [0, 0.1) is 32.5 Å². The van der Waals surface area contributed by atoms with E-state index in [0.717, 1.165) is 34.5 Å². The molecule has 1 amide bonds. The van der Waals surface area contributed by atoms with Crippen molar-refractivity contribution in [3.63, 3.8) is 0 Å². The first-order chi connectivity index (χ1) is 13.2. The summed E-state index contributed by atoms with van der Waals surface area (Å²) in [7, 11) is -3.75. The van der Waals surface area contributed by atoms with Crippen LogP contribution in [-0.2, 0) is 14.8 Å². The van der Waals surface area contributed by atoms with Crippen molar-refractivity contribution in [3.05, 3.63) is 58.9 Å². The van der Waals surface area contributed by atoms with Crippen LogP contribution in [0.15, 0.2) is 41.3 Å². The molecule has 1 aliphatic heterocycles. The van der Waals surface area contributed by atoms with E-state index in [2.05, 4.69) is 5.32 Å². The summed E-state index contributed by atoms with van der Waals surface area (Å²) >= 11 is 0.